The molecular weight excluding hydrogens is 294 g/mol. The molecule has 2 atom stereocenters. The van der Waals surface area contributed by atoms with Gasteiger partial charge in [-0.05, 0) is 47.8 Å². The van der Waals surface area contributed by atoms with E-state index in [0.717, 1.165) is 0 Å². The molecule has 0 radical (unpaired) electrons. The van der Waals surface area contributed by atoms with Crippen LogP contribution in [0.2, 0.25) is 0 Å². The second-order valence-electron chi connectivity index (χ2n) is 4.66. The SMILES string of the molecule is CCCCC(CCC)NC(C)c1ccc(Br)s1. The quantitative estimate of drug-likeness (QED) is 0.665. The Morgan fingerprint density at radius 1 is 1.24 bits per heavy atom. The molecule has 0 aliphatic rings. The smallest absolute Gasteiger partial charge is 0.0701 e. The van der Waals surface area contributed by atoms with Gasteiger partial charge in [0, 0.05) is 17.0 Å². The highest BCUT2D eigenvalue weighted by molar-refractivity contribution is 9.11. The van der Waals surface area contributed by atoms with Gasteiger partial charge in [0.2, 0.25) is 0 Å². The van der Waals surface area contributed by atoms with Crippen LogP contribution in [0.15, 0.2) is 15.9 Å². The summed E-state index contributed by atoms with van der Waals surface area (Å²) in [6.07, 6.45) is 6.49. The molecule has 0 saturated carbocycles. The van der Waals surface area contributed by atoms with E-state index in [2.05, 4.69) is 54.2 Å². The van der Waals surface area contributed by atoms with Crippen LogP contribution in [0, 0.1) is 0 Å². The lowest BCUT2D eigenvalue weighted by Gasteiger charge is -2.22. The van der Waals surface area contributed by atoms with Gasteiger partial charge in [-0.1, -0.05) is 33.1 Å². The van der Waals surface area contributed by atoms with Crippen molar-refractivity contribution in [1.29, 1.82) is 0 Å². The Labute approximate surface area is 118 Å². The first kappa shape index (κ1) is 15.2. The molecule has 3 heteroatoms. The summed E-state index contributed by atoms with van der Waals surface area (Å²) in [6.45, 7) is 6.81. The van der Waals surface area contributed by atoms with E-state index >= 15 is 0 Å². The first-order chi connectivity index (χ1) is 8.17. The van der Waals surface area contributed by atoms with Crippen LogP contribution in [-0.4, -0.2) is 6.04 Å². The predicted molar refractivity (Wildman–Crippen MR) is 81.8 cm³/mol. The third-order valence-electron chi connectivity index (χ3n) is 3.05. The standard InChI is InChI=1S/C14H24BrNS/c1-4-6-8-12(7-5-2)16-11(3)13-9-10-14(15)17-13/h9-12,16H,4-8H2,1-3H3. The van der Waals surface area contributed by atoms with Crippen molar-refractivity contribution in [3.05, 3.63) is 20.8 Å². The van der Waals surface area contributed by atoms with Crippen LogP contribution in [0.4, 0.5) is 0 Å². The molecule has 1 heterocycles. The Kier molecular flexibility index (Phi) is 7.40. The van der Waals surface area contributed by atoms with Crippen LogP contribution < -0.4 is 5.32 Å². The molecule has 1 nitrogen and oxygen atoms in total. The van der Waals surface area contributed by atoms with Gasteiger partial charge in [0.05, 0.1) is 3.79 Å². The second-order valence-corrected chi connectivity index (χ2v) is 7.15. The summed E-state index contributed by atoms with van der Waals surface area (Å²) in [7, 11) is 0. The normalized spacial score (nSPS) is 14.8. The van der Waals surface area contributed by atoms with E-state index in [4.69, 9.17) is 0 Å². The number of rotatable bonds is 8. The van der Waals surface area contributed by atoms with Gasteiger partial charge in [0.25, 0.3) is 0 Å². The average molecular weight is 318 g/mol. The van der Waals surface area contributed by atoms with Gasteiger partial charge < -0.3 is 5.32 Å². The second kappa shape index (κ2) is 8.28. The van der Waals surface area contributed by atoms with Crippen LogP contribution in [-0.2, 0) is 0 Å². The largest absolute Gasteiger partial charge is 0.307 e. The molecule has 2 unspecified atom stereocenters. The molecule has 17 heavy (non-hydrogen) atoms. The summed E-state index contributed by atoms with van der Waals surface area (Å²) >= 11 is 5.36. The molecule has 1 rings (SSSR count). The highest BCUT2D eigenvalue weighted by Gasteiger charge is 2.13. The van der Waals surface area contributed by atoms with Gasteiger partial charge in [-0.2, -0.15) is 0 Å². The number of hydrogen-bond donors (Lipinski definition) is 1. The van der Waals surface area contributed by atoms with Crippen LogP contribution in [0.25, 0.3) is 0 Å². The van der Waals surface area contributed by atoms with E-state index in [1.54, 1.807) is 0 Å². The molecule has 0 aliphatic carbocycles. The Bertz CT molecular complexity index is 311. The fraction of sp³-hybridized carbons (Fsp3) is 0.714. The molecule has 0 aromatic carbocycles. The summed E-state index contributed by atoms with van der Waals surface area (Å²) in [5.41, 5.74) is 0. The molecule has 1 N–H and O–H groups in total. The van der Waals surface area contributed by atoms with E-state index in [-0.39, 0.29) is 0 Å². The Balaban J connectivity index is 2.47. The van der Waals surface area contributed by atoms with Crippen molar-refractivity contribution in [1.82, 2.24) is 5.32 Å². The van der Waals surface area contributed by atoms with Crippen molar-refractivity contribution in [2.75, 3.05) is 0 Å². The minimum absolute atomic E-state index is 0.472. The number of halogens is 1. The van der Waals surface area contributed by atoms with Crippen LogP contribution in [0.5, 0.6) is 0 Å². The average Bonchev–Trinajstić information content (AvgIpc) is 2.73. The molecule has 0 fully saturated rings. The third kappa shape index (κ3) is 5.54. The molecule has 0 saturated heterocycles. The Hall–Kier alpha value is 0.140. The summed E-state index contributed by atoms with van der Waals surface area (Å²) in [4.78, 5) is 1.43. The first-order valence-electron chi connectivity index (χ1n) is 6.68. The molecule has 0 bridgehead atoms. The van der Waals surface area contributed by atoms with Crippen molar-refractivity contribution in [3.63, 3.8) is 0 Å². The number of thiophene rings is 1. The number of hydrogen-bond acceptors (Lipinski definition) is 2. The van der Waals surface area contributed by atoms with E-state index in [0.29, 0.717) is 12.1 Å². The zero-order valence-electron chi connectivity index (χ0n) is 11.1. The minimum Gasteiger partial charge on any atom is -0.307 e. The maximum atomic E-state index is 3.77. The van der Waals surface area contributed by atoms with Crippen molar-refractivity contribution in [2.45, 2.75) is 65.0 Å². The summed E-state index contributed by atoms with van der Waals surface area (Å²) in [5.74, 6) is 0. The monoisotopic (exact) mass is 317 g/mol. The zero-order valence-corrected chi connectivity index (χ0v) is 13.5. The summed E-state index contributed by atoms with van der Waals surface area (Å²) in [6, 6.07) is 5.50. The fourth-order valence-electron chi connectivity index (χ4n) is 2.11. The highest BCUT2D eigenvalue weighted by atomic mass is 79.9. The molecular formula is C14H24BrNS. The molecule has 0 amide bonds. The number of unbranched alkanes of at least 4 members (excludes halogenated alkanes) is 1. The lowest BCUT2D eigenvalue weighted by Crippen LogP contribution is -2.31. The third-order valence-corrected chi connectivity index (χ3v) is 4.86. The molecule has 98 valence electrons. The van der Waals surface area contributed by atoms with E-state index < -0.39 is 0 Å². The van der Waals surface area contributed by atoms with Gasteiger partial charge in [0.1, 0.15) is 0 Å². The van der Waals surface area contributed by atoms with Crippen molar-refractivity contribution in [3.8, 4) is 0 Å². The Morgan fingerprint density at radius 2 is 2.00 bits per heavy atom. The minimum atomic E-state index is 0.472. The van der Waals surface area contributed by atoms with Gasteiger partial charge in [-0.3, -0.25) is 0 Å². The topological polar surface area (TPSA) is 12.0 Å². The Morgan fingerprint density at radius 3 is 2.53 bits per heavy atom. The summed E-state index contributed by atoms with van der Waals surface area (Å²) < 4.78 is 1.22. The molecule has 1 aromatic rings. The van der Waals surface area contributed by atoms with E-state index in [9.17, 15) is 0 Å². The van der Waals surface area contributed by atoms with Crippen molar-refractivity contribution >= 4 is 27.3 Å². The maximum absolute atomic E-state index is 3.77. The first-order valence-corrected chi connectivity index (χ1v) is 8.29. The van der Waals surface area contributed by atoms with Gasteiger partial charge >= 0.3 is 0 Å². The van der Waals surface area contributed by atoms with E-state index in [1.165, 1.54) is 40.8 Å². The van der Waals surface area contributed by atoms with Crippen LogP contribution in [0.1, 0.15) is 63.8 Å². The van der Waals surface area contributed by atoms with Gasteiger partial charge in [0.15, 0.2) is 0 Å². The maximum Gasteiger partial charge on any atom is 0.0701 e. The highest BCUT2D eigenvalue weighted by Crippen LogP contribution is 2.27. The lowest BCUT2D eigenvalue weighted by molar-refractivity contribution is 0.398. The predicted octanol–water partition coefficient (Wildman–Crippen LogP) is 5.52. The molecule has 1 aromatic heterocycles. The molecule has 0 spiro atoms. The number of nitrogens with one attached hydrogen (secondary N) is 1. The molecule has 0 aliphatic heterocycles. The summed E-state index contributed by atoms with van der Waals surface area (Å²) in [5, 5.41) is 3.77. The van der Waals surface area contributed by atoms with E-state index in [1.807, 2.05) is 11.3 Å². The lowest BCUT2D eigenvalue weighted by atomic mass is 10.0. The van der Waals surface area contributed by atoms with Crippen LogP contribution in [0.3, 0.4) is 0 Å². The van der Waals surface area contributed by atoms with Gasteiger partial charge in [-0.25, -0.2) is 0 Å². The van der Waals surface area contributed by atoms with Crippen molar-refractivity contribution < 1.29 is 0 Å². The van der Waals surface area contributed by atoms with Crippen molar-refractivity contribution in [2.24, 2.45) is 0 Å². The fourth-order valence-corrected chi connectivity index (χ4v) is 3.54. The van der Waals surface area contributed by atoms with Crippen LogP contribution >= 0.6 is 27.3 Å². The zero-order chi connectivity index (χ0) is 12.7. The van der Waals surface area contributed by atoms with Gasteiger partial charge in [-0.15, -0.1) is 11.3 Å².